The van der Waals surface area contributed by atoms with Crippen LogP contribution in [-0.2, 0) is 4.84 Å². The standard InChI is InChI=1S/C25H35N3O4/c1-5-6-12-30-23-15-20(2)24(21(3)16-23)31-13-10-8-7-9-11-14-32-25-26-17-22(18-27-25)19-28-29-4/h5-6,15-19H,7-14H2,1-4H3/b6-5+,28-19?. The van der Waals surface area contributed by atoms with E-state index in [0.29, 0.717) is 19.2 Å². The van der Waals surface area contributed by atoms with Crippen LogP contribution < -0.4 is 14.2 Å². The summed E-state index contributed by atoms with van der Waals surface area (Å²) in [4.78, 5) is 12.9. The van der Waals surface area contributed by atoms with Crippen molar-refractivity contribution in [3.8, 4) is 17.5 Å². The molecule has 1 aromatic carbocycles. The molecule has 0 N–H and O–H groups in total. The van der Waals surface area contributed by atoms with Crippen molar-refractivity contribution in [2.75, 3.05) is 26.9 Å². The van der Waals surface area contributed by atoms with Crippen molar-refractivity contribution in [2.24, 2.45) is 5.16 Å². The predicted octanol–water partition coefficient (Wildman–Crippen LogP) is 5.44. The summed E-state index contributed by atoms with van der Waals surface area (Å²) in [6, 6.07) is 4.46. The molecule has 7 heteroatoms. The minimum absolute atomic E-state index is 0.386. The fourth-order valence-electron chi connectivity index (χ4n) is 3.12. The highest BCUT2D eigenvalue weighted by atomic mass is 16.6. The van der Waals surface area contributed by atoms with E-state index in [1.165, 1.54) is 7.11 Å². The Kier molecular flexibility index (Phi) is 11.7. The number of hydrogen-bond donors (Lipinski definition) is 0. The molecule has 0 spiro atoms. The molecule has 0 unspecified atom stereocenters. The molecule has 2 rings (SSSR count). The average Bonchev–Trinajstić information content (AvgIpc) is 2.79. The van der Waals surface area contributed by atoms with Crippen LogP contribution >= 0.6 is 0 Å². The van der Waals surface area contributed by atoms with E-state index >= 15 is 0 Å². The van der Waals surface area contributed by atoms with Gasteiger partial charge in [-0.05, 0) is 56.9 Å². The van der Waals surface area contributed by atoms with E-state index in [2.05, 4.69) is 33.8 Å². The molecule has 0 aliphatic heterocycles. The molecule has 1 aromatic heterocycles. The maximum Gasteiger partial charge on any atom is 0.316 e. The van der Waals surface area contributed by atoms with Crippen molar-refractivity contribution in [1.29, 1.82) is 0 Å². The number of rotatable bonds is 15. The first kappa shape index (κ1) is 25.2. The highest BCUT2D eigenvalue weighted by molar-refractivity contribution is 5.77. The Balaban J connectivity index is 1.56. The first-order valence-corrected chi connectivity index (χ1v) is 11.1. The van der Waals surface area contributed by atoms with Gasteiger partial charge in [0, 0.05) is 18.0 Å². The number of nitrogens with zero attached hydrogens (tertiary/aromatic N) is 3. The molecule has 32 heavy (non-hydrogen) atoms. The number of aryl methyl sites for hydroxylation is 2. The van der Waals surface area contributed by atoms with E-state index in [0.717, 1.165) is 66.9 Å². The zero-order valence-corrected chi connectivity index (χ0v) is 19.7. The Morgan fingerprint density at radius 2 is 1.50 bits per heavy atom. The van der Waals surface area contributed by atoms with Crippen molar-refractivity contribution in [3.05, 3.63) is 53.4 Å². The highest BCUT2D eigenvalue weighted by Crippen LogP contribution is 2.28. The SMILES string of the molecule is C/C=C/COc1cc(C)c(OCCCCCCCOc2ncc(C=NOC)cn2)c(C)c1. The van der Waals surface area contributed by atoms with Crippen molar-refractivity contribution in [2.45, 2.75) is 52.9 Å². The van der Waals surface area contributed by atoms with Crippen LogP contribution in [0.2, 0.25) is 0 Å². The van der Waals surface area contributed by atoms with Crippen LogP contribution in [-0.4, -0.2) is 43.1 Å². The fourth-order valence-corrected chi connectivity index (χ4v) is 3.12. The number of benzene rings is 1. The third-order valence-corrected chi connectivity index (χ3v) is 4.74. The van der Waals surface area contributed by atoms with Gasteiger partial charge in [0.2, 0.25) is 0 Å². The number of ether oxygens (including phenoxy) is 3. The second-order valence-electron chi connectivity index (χ2n) is 7.45. The molecule has 2 aromatic rings. The van der Waals surface area contributed by atoms with Crippen molar-refractivity contribution >= 4 is 6.21 Å². The van der Waals surface area contributed by atoms with Crippen LogP contribution in [0.25, 0.3) is 0 Å². The van der Waals surface area contributed by atoms with E-state index < -0.39 is 0 Å². The normalized spacial score (nSPS) is 11.2. The summed E-state index contributed by atoms with van der Waals surface area (Å²) in [6.07, 6.45) is 14.2. The van der Waals surface area contributed by atoms with Gasteiger partial charge in [0.05, 0.1) is 19.4 Å². The van der Waals surface area contributed by atoms with Crippen LogP contribution in [0, 0.1) is 13.8 Å². The minimum atomic E-state index is 0.386. The van der Waals surface area contributed by atoms with Crippen LogP contribution in [0.5, 0.6) is 17.5 Å². The molecular formula is C25H35N3O4. The molecular weight excluding hydrogens is 406 g/mol. The zero-order chi connectivity index (χ0) is 23.0. The largest absolute Gasteiger partial charge is 0.493 e. The molecule has 174 valence electrons. The summed E-state index contributed by atoms with van der Waals surface area (Å²) in [5.41, 5.74) is 2.98. The highest BCUT2D eigenvalue weighted by Gasteiger charge is 2.07. The lowest BCUT2D eigenvalue weighted by molar-refractivity contribution is 0.215. The summed E-state index contributed by atoms with van der Waals surface area (Å²) in [5.74, 6) is 1.85. The summed E-state index contributed by atoms with van der Waals surface area (Å²) in [7, 11) is 1.49. The molecule has 0 fully saturated rings. The lowest BCUT2D eigenvalue weighted by atomic mass is 10.1. The number of unbranched alkanes of at least 4 members (excludes halogenated alkanes) is 4. The summed E-state index contributed by atoms with van der Waals surface area (Å²) in [6.45, 7) is 8.04. The quantitative estimate of drug-likeness (QED) is 0.159. The Morgan fingerprint density at radius 1 is 0.875 bits per heavy atom. The van der Waals surface area contributed by atoms with Gasteiger partial charge in [0.1, 0.15) is 25.2 Å². The van der Waals surface area contributed by atoms with Gasteiger partial charge < -0.3 is 19.0 Å². The Hall–Kier alpha value is -3.09. The lowest BCUT2D eigenvalue weighted by Crippen LogP contribution is -2.03. The number of oxime groups is 1. The van der Waals surface area contributed by atoms with Gasteiger partial charge in [0.15, 0.2) is 0 Å². The van der Waals surface area contributed by atoms with Gasteiger partial charge >= 0.3 is 6.01 Å². The van der Waals surface area contributed by atoms with Crippen LogP contribution in [0.4, 0.5) is 0 Å². The van der Waals surface area contributed by atoms with E-state index in [4.69, 9.17) is 14.2 Å². The third kappa shape index (κ3) is 9.37. The first-order chi connectivity index (χ1) is 15.6. The molecule has 0 atom stereocenters. The molecule has 0 saturated carbocycles. The van der Waals surface area contributed by atoms with E-state index in [1.807, 2.05) is 31.2 Å². The monoisotopic (exact) mass is 441 g/mol. The summed E-state index contributed by atoms with van der Waals surface area (Å²) >= 11 is 0. The molecule has 0 bridgehead atoms. The van der Waals surface area contributed by atoms with Crippen molar-refractivity contribution in [3.63, 3.8) is 0 Å². The van der Waals surface area contributed by atoms with E-state index in [9.17, 15) is 0 Å². The van der Waals surface area contributed by atoms with Crippen molar-refractivity contribution < 1.29 is 19.0 Å². The molecule has 0 aliphatic rings. The topological polar surface area (TPSA) is 75.1 Å². The minimum Gasteiger partial charge on any atom is -0.493 e. The first-order valence-electron chi connectivity index (χ1n) is 11.1. The average molecular weight is 442 g/mol. The van der Waals surface area contributed by atoms with Gasteiger partial charge in [-0.15, -0.1) is 0 Å². The predicted molar refractivity (Wildman–Crippen MR) is 127 cm³/mol. The second-order valence-corrected chi connectivity index (χ2v) is 7.45. The number of allylic oxidation sites excluding steroid dienone is 1. The Morgan fingerprint density at radius 3 is 2.12 bits per heavy atom. The Bertz CT molecular complexity index is 828. The number of hydrogen-bond acceptors (Lipinski definition) is 7. The molecule has 7 nitrogen and oxygen atoms in total. The van der Waals surface area contributed by atoms with E-state index in [-0.39, 0.29) is 0 Å². The van der Waals surface area contributed by atoms with Crippen LogP contribution in [0.3, 0.4) is 0 Å². The van der Waals surface area contributed by atoms with Crippen LogP contribution in [0.15, 0.2) is 41.8 Å². The number of aromatic nitrogens is 2. The molecule has 0 saturated heterocycles. The third-order valence-electron chi connectivity index (χ3n) is 4.74. The Labute approximate surface area is 191 Å². The van der Waals surface area contributed by atoms with Gasteiger partial charge in [-0.1, -0.05) is 36.6 Å². The molecule has 0 amide bonds. The van der Waals surface area contributed by atoms with Crippen molar-refractivity contribution in [1.82, 2.24) is 9.97 Å². The fraction of sp³-hybridized carbons (Fsp3) is 0.480. The maximum absolute atomic E-state index is 6.04. The zero-order valence-electron chi connectivity index (χ0n) is 19.7. The van der Waals surface area contributed by atoms with E-state index in [1.54, 1.807) is 18.6 Å². The lowest BCUT2D eigenvalue weighted by Gasteiger charge is -2.14. The van der Waals surface area contributed by atoms with Gasteiger partial charge in [-0.3, -0.25) is 0 Å². The molecule has 0 aliphatic carbocycles. The van der Waals surface area contributed by atoms with Crippen LogP contribution in [0.1, 0.15) is 55.7 Å². The summed E-state index contributed by atoms with van der Waals surface area (Å²) in [5, 5.41) is 3.67. The smallest absolute Gasteiger partial charge is 0.316 e. The maximum atomic E-state index is 6.04. The second kappa shape index (κ2) is 14.8. The van der Waals surface area contributed by atoms with Gasteiger partial charge in [-0.25, -0.2) is 9.97 Å². The molecule has 1 heterocycles. The van der Waals surface area contributed by atoms with Gasteiger partial charge in [-0.2, -0.15) is 0 Å². The summed E-state index contributed by atoms with van der Waals surface area (Å²) < 4.78 is 17.4. The van der Waals surface area contributed by atoms with Gasteiger partial charge in [0.25, 0.3) is 0 Å². The molecule has 0 radical (unpaired) electrons.